The van der Waals surface area contributed by atoms with Gasteiger partial charge in [0.1, 0.15) is 10.7 Å². The molecule has 1 fully saturated rings. The average molecular weight is 388 g/mol. The summed E-state index contributed by atoms with van der Waals surface area (Å²) in [5.74, 6) is 0.859. The number of aryl methyl sites for hydroxylation is 2. The first-order valence-electron chi connectivity index (χ1n) is 9.46. The number of rotatable bonds is 2. The highest BCUT2D eigenvalue weighted by atomic mass is 32.1. The summed E-state index contributed by atoms with van der Waals surface area (Å²) < 4.78 is 0. The molecule has 2 aliphatic heterocycles. The molecule has 1 saturated heterocycles. The van der Waals surface area contributed by atoms with Gasteiger partial charge in [0.15, 0.2) is 0 Å². The number of amides is 1. The zero-order valence-electron chi connectivity index (χ0n) is 16.0. The Morgan fingerprint density at radius 1 is 1.26 bits per heavy atom. The van der Waals surface area contributed by atoms with Crippen LogP contribution in [0.3, 0.4) is 0 Å². The first-order valence-corrected chi connectivity index (χ1v) is 10.3. The Morgan fingerprint density at radius 2 is 2.07 bits per heavy atom. The van der Waals surface area contributed by atoms with Crippen LogP contribution in [0.15, 0.2) is 4.79 Å². The molecule has 0 spiro atoms. The maximum Gasteiger partial charge on any atom is 0.265 e. The standard InChI is InChI=1S/C19H25N5O2S/c1-11-16(27-12(2)20-11)19(26)24-7-4-5-13(9-24)17-21-15-6-8-23(3)10-14(15)18(25)22-17/h13H,4-10H2,1-3H3,(H,21,22,25)/t13-/m0/s1. The number of carbonyl (C=O) groups is 1. The molecule has 144 valence electrons. The van der Waals surface area contributed by atoms with E-state index in [-0.39, 0.29) is 17.4 Å². The molecular formula is C19H25N5O2S. The van der Waals surface area contributed by atoms with Crippen molar-refractivity contribution in [2.45, 2.75) is 45.6 Å². The fourth-order valence-corrected chi connectivity index (χ4v) is 4.92. The van der Waals surface area contributed by atoms with Crippen LogP contribution >= 0.6 is 11.3 Å². The summed E-state index contributed by atoms with van der Waals surface area (Å²) in [6.45, 7) is 6.71. The molecule has 1 N–H and O–H groups in total. The van der Waals surface area contributed by atoms with Crippen LogP contribution in [0.5, 0.6) is 0 Å². The third-order valence-electron chi connectivity index (χ3n) is 5.47. The molecule has 0 unspecified atom stereocenters. The van der Waals surface area contributed by atoms with Gasteiger partial charge in [-0.1, -0.05) is 0 Å². The Labute approximate surface area is 162 Å². The molecule has 0 radical (unpaired) electrons. The molecule has 2 aromatic rings. The lowest BCUT2D eigenvalue weighted by Gasteiger charge is -2.32. The second-order valence-corrected chi connectivity index (χ2v) is 8.81. The van der Waals surface area contributed by atoms with Crippen molar-refractivity contribution in [2.24, 2.45) is 0 Å². The van der Waals surface area contributed by atoms with Crippen LogP contribution in [0, 0.1) is 13.8 Å². The summed E-state index contributed by atoms with van der Waals surface area (Å²) in [6.07, 6.45) is 2.65. The predicted octanol–water partition coefficient (Wildman–Crippen LogP) is 1.85. The lowest BCUT2D eigenvalue weighted by molar-refractivity contribution is 0.0708. The van der Waals surface area contributed by atoms with E-state index in [1.54, 1.807) is 0 Å². The van der Waals surface area contributed by atoms with Crippen molar-refractivity contribution < 1.29 is 4.79 Å². The highest BCUT2D eigenvalue weighted by Crippen LogP contribution is 2.28. The topological polar surface area (TPSA) is 82.2 Å². The van der Waals surface area contributed by atoms with Gasteiger partial charge in [-0.2, -0.15) is 0 Å². The summed E-state index contributed by atoms with van der Waals surface area (Å²) >= 11 is 1.45. The smallest absolute Gasteiger partial charge is 0.265 e. The summed E-state index contributed by atoms with van der Waals surface area (Å²) in [5, 5.41) is 0.912. The zero-order valence-corrected chi connectivity index (χ0v) is 16.9. The van der Waals surface area contributed by atoms with Crippen LogP contribution in [-0.4, -0.2) is 57.3 Å². The molecule has 2 aromatic heterocycles. The summed E-state index contributed by atoms with van der Waals surface area (Å²) in [5.41, 5.74) is 2.48. The highest BCUT2D eigenvalue weighted by Gasteiger charge is 2.30. The lowest BCUT2D eigenvalue weighted by atomic mass is 9.96. The van der Waals surface area contributed by atoms with E-state index < -0.39 is 0 Å². The highest BCUT2D eigenvalue weighted by molar-refractivity contribution is 7.13. The number of hydrogen-bond donors (Lipinski definition) is 1. The molecule has 0 aliphatic carbocycles. The summed E-state index contributed by atoms with van der Waals surface area (Å²) in [4.78, 5) is 42.4. The predicted molar refractivity (Wildman–Crippen MR) is 104 cm³/mol. The third kappa shape index (κ3) is 3.55. The minimum Gasteiger partial charge on any atom is -0.337 e. The van der Waals surface area contributed by atoms with E-state index in [1.807, 2.05) is 25.8 Å². The monoisotopic (exact) mass is 387 g/mol. The molecule has 7 nitrogen and oxygen atoms in total. The molecule has 4 heterocycles. The Morgan fingerprint density at radius 3 is 2.81 bits per heavy atom. The first-order chi connectivity index (χ1) is 12.9. The second-order valence-electron chi connectivity index (χ2n) is 7.60. The maximum absolute atomic E-state index is 12.9. The van der Waals surface area contributed by atoms with E-state index >= 15 is 0 Å². The van der Waals surface area contributed by atoms with E-state index in [4.69, 9.17) is 4.98 Å². The number of H-pyrrole nitrogens is 1. The summed E-state index contributed by atoms with van der Waals surface area (Å²) in [6, 6.07) is 0. The first kappa shape index (κ1) is 18.3. The number of likely N-dealkylation sites (tertiary alicyclic amines) is 1. The number of thiazole rings is 1. The maximum atomic E-state index is 12.9. The molecule has 1 amide bonds. The largest absolute Gasteiger partial charge is 0.337 e. The van der Waals surface area contributed by atoms with Crippen LogP contribution in [0.4, 0.5) is 0 Å². The molecule has 2 aliphatic rings. The Kier molecular flexibility index (Phi) is 4.86. The van der Waals surface area contributed by atoms with Crippen molar-refractivity contribution in [3.8, 4) is 0 Å². The number of aromatic nitrogens is 3. The SMILES string of the molecule is Cc1nc(C)c(C(=O)N2CCC[C@H](c3nc4c(c(=O)[nH]3)CN(C)CC4)C2)s1. The van der Waals surface area contributed by atoms with Crippen molar-refractivity contribution in [3.05, 3.63) is 43.0 Å². The number of piperidine rings is 1. The molecule has 27 heavy (non-hydrogen) atoms. The van der Waals surface area contributed by atoms with E-state index in [1.165, 1.54) is 11.3 Å². The molecular weight excluding hydrogens is 362 g/mol. The molecule has 8 heteroatoms. The number of carbonyl (C=O) groups excluding carboxylic acids is 1. The Hall–Kier alpha value is -2.06. The number of likely N-dealkylation sites (N-methyl/N-ethyl adjacent to an activating group) is 1. The average Bonchev–Trinajstić information content (AvgIpc) is 3.00. The van der Waals surface area contributed by atoms with Crippen LogP contribution in [0.1, 0.15) is 56.2 Å². The molecule has 0 bridgehead atoms. The third-order valence-corrected chi connectivity index (χ3v) is 6.53. The Balaban J connectivity index is 1.57. The van der Waals surface area contributed by atoms with Gasteiger partial charge in [0.25, 0.3) is 11.5 Å². The number of aromatic amines is 1. The molecule has 1 atom stereocenters. The van der Waals surface area contributed by atoms with Gasteiger partial charge in [-0.3, -0.25) is 9.59 Å². The van der Waals surface area contributed by atoms with Crippen LogP contribution < -0.4 is 5.56 Å². The van der Waals surface area contributed by atoms with Crippen LogP contribution in [0.25, 0.3) is 0 Å². The zero-order chi connectivity index (χ0) is 19.1. The van der Waals surface area contributed by atoms with Gasteiger partial charge in [0, 0.05) is 38.5 Å². The molecule has 0 aromatic carbocycles. The minimum absolute atomic E-state index is 0.0288. The van der Waals surface area contributed by atoms with Gasteiger partial charge in [0.05, 0.1) is 22.0 Å². The van der Waals surface area contributed by atoms with Gasteiger partial charge < -0.3 is 14.8 Å². The lowest BCUT2D eigenvalue weighted by Crippen LogP contribution is -2.40. The molecule has 4 rings (SSSR count). The summed E-state index contributed by atoms with van der Waals surface area (Å²) in [7, 11) is 2.02. The van der Waals surface area contributed by atoms with Crippen LogP contribution in [-0.2, 0) is 13.0 Å². The van der Waals surface area contributed by atoms with Crippen molar-refractivity contribution in [3.63, 3.8) is 0 Å². The van der Waals surface area contributed by atoms with Gasteiger partial charge in [0.2, 0.25) is 0 Å². The van der Waals surface area contributed by atoms with Gasteiger partial charge in [-0.15, -0.1) is 11.3 Å². The second kappa shape index (κ2) is 7.16. The van der Waals surface area contributed by atoms with Crippen molar-refractivity contribution >= 4 is 17.2 Å². The number of nitrogens with one attached hydrogen (secondary N) is 1. The quantitative estimate of drug-likeness (QED) is 0.850. The van der Waals surface area contributed by atoms with E-state index in [0.29, 0.717) is 13.1 Å². The Bertz CT molecular complexity index is 935. The minimum atomic E-state index is -0.0288. The molecule has 0 saturated carbocycles. The van der Waals surface area contributed by atoms with Crippen LogP contribution in [0.2, 0.25) is 0 Å². The van der Waals surface area contributed by atoms with Gasteiger partial charge >= 0.3 is 0 Å². The number of fused-ring (bicyclic) bond motifs is 1. The van der Waals surface area contributed by atoms with E-state index in [2.05, 4.69) is 14.9 Å². The number of nitrogens with zero attached hydrogens (tertiary/aromatic N) is 4. The van der Waals surface area contributed by atoms with E-state index in [0.717, 1.165) is 65.0 Å². The normalized spacial score (nSPS) is 20.6. The fourth-order valence-electron chi connectivity index (χ4n) is 4.03. The fraction of sp³-hybridized carbons (Fsp3) is 0.579. The van der Waals surface area contributed by atoms with E-state index in [9.17, 15) is 9.59 Å². The van der Waals surface area contributed by atoms with Crippen molar-refractivity contribution in [1.82, 2.24) is 24.8 Å². The van der Waals surface area contributed by atoms with Gasteiger partial charge in [-0.05, 0) is 33.7 Å². The van der Waals surface area contributed by atoms with Crippen molar-refractivity contribution in [1.29, 1.82) is 0 Å². The number of hydrogen-bond acceptors (Lipinski definition) is 6. The van der Waals surface area contributed by atoms with Gasteiger partial charge in [-0.25, -0.2) is 9.97 Å². The van der Waals surface area contributed by atoms with Crippen molar-refractivity contribution in [2.75, 3.05) is 26.7 Å².